The van der Waals surface area contributed by atoms with Gasteiger partial charge in [-0.05, 0) is 68.6 Å². The topological polar surface area (TPSA) is 89.5 Å². The molecular formula is C18H27NO5S. The molecule has 0 aromatic heterocycles. The lowest BCUT2D eigenvalue weighted by molar-refractivity contribution is -0.150. The van der Waals surface area contributed by atoms with E-state index < -0.39 is 15.8 Å². The molecule has 0 spiro atoms. The van der Waals surface area contributed by atoms with Crippen molar-refractivity contribution in [2.45, 2.75) is 56.9 Å². The minimum absolute atomic E-state index is 0.0571. The van der Waals surface area contributed by atoms with Gasteiger partial charge in [0.2, 0.25) is 0 Å². The fraction of sp³-hybridized carbons (Fsp3) is 0.889. The minimum Gasteiger partial charge on any atom is -0.456 e. The van der Waals surface area contributed by atoms with Crippen LogP contribution in [0.4, 0.5) is 0 Å². The van der Waals surface area contributed by atoms with Crippen LogP contribution in [-0.4, -0.2) is 43.9 Å². The van der Waals surface area contributed by atoms with Crippen LogP contribution < -0.4 is 5.32 Å². The average molecular weight is 369 g/mol. The van der Waals surface area contributed by atoms with Gasteiger partial charge in [-0.2, -0.15) is 0 Å². The molecule has 1 saturated heterocycles. The molecule has 4 aliphatic carbocycles. The fourth-order valence-corrected chi connectivity index (χ4v) is 7.93. The SMILES string of the molecule is O=C(COC(=O)C[C@@H]1CCS(=O)(=O)C1)NC12CC3CC(CC(C3)C1)C2. The Bertz CT molecular complexity index is 636. The van der Waals surface area contributed by atoms with Crippen LogP contribution in [0.5, 0.6) is 0 Å². The lowest BCUT2D eigenvalue weighted by Gasteiger charge is -2.56. The smallest absolute Gasteiger partial charge is 0.306 e. The van der Waals surface area contributed by atoms with Crippen molar-refractivity contribution < 1.29 is 22.7 Å². The Kier molecular flexibility index (Phi) is 4.33. The van der Waals surface area contributed by atoms with Gasteiger partial charge in [0.15, 0.2) is 16.4 Å². The lowest BCUT2D eigenvalue weighted by atomic mass is 9.53. The Morgan fingerprint density at radius 2 is 1.64 bits per heavy atom. The van der Waals surface area contributed by atoms with Crippen molar-refractivity contribution in [1.82, 2.24) is 5.32 Å². The van der Waals surface area contributed by atoms with Gasteiger partial charge in [-0.15, -0.1) is 0 Å². The van der Waals surface area contributed by atoms with Gasteiger partial charge in [0.1, 0.15) is 0 Å². The summed E-state index contributed by atoms with van der Waals surface area (Å²) >= 11 is 0. The highest BCUT2D eigenvalue weighted by Gasteiger charge is 2.51. The molecule has 4 bridgehead atoms. The molecule has 1 N–H and O–H groups in total. The Morgan fingerprint density at radius 1 is 1.04 bits per heavy atom. The molecule has 1 heterocycles. The summed E-state index contributed by atoms with van der Waals surface area (Å²) in [7, 11) is -2.99. The number of carbonyl (C=O) groups is 2. The highest BCUT2D eigenvalue weighted by molar-refractivity contribution is 7.91. The lowest BCUT2D eigenvalue weighted by Crippen LogP contribution is -2.60. The first-order chi connectivity index (χ1) is 11.8. The van der Waals surface area contributed by atoms with Crippen LogP contribution in [0, 0.1) is 23.7 Å². The first-order valence-corrected chi connectivity index (χ1v) is 11.3. The first-order valence-electron chi connectivity index (χ1n) is 9.48. The maximum Gasteiger partial charge on any atom is 0.306 e. The zero-order valence-corrected chi connectivity index (χ0v) is 15.4. The fourth-order valence-electron chi connectivity index (χ4n) is 6.07. The van der Waals surface area contributed by atoms with Gasteiger partial charge in [0.25, 0.3) is 5.91 Å². The third-order valence-electron chi connectivity index (χ3n) is 6.59. The third-order valence-corrected chi connectivity index (χ3v) is 8.43. The molecule has 0 radical (unpaired) electrons. The van der Waals surface area contributed by atoms with Gasteiger partial charge >= 0.3 is 5.97 Å². The number of amides is 1. The summed E-state index contributed by atoms with van der Waals surface area (Å²) in [5, 5.41) is 3.17. The quantitative estimate of drug-likeness (QED) is 0.741. The molecule has 25 heavy (non-hydrogen) atoms. The van der Waals surface area contributed by atoms with Crippen LogP contribution in [0.15, 0.2) is 0 Å². The van der Waals surface area contributed by atoms with E-state index in [9.17, 15) is 18.0 Å². The maximum absolute atomic E-state index is 12.3. The Hall–Kier alpha value is -1.11. The molecule has 5 fully saturated rings. The molecule has 140 valence electrons. The van der Waals surface area contributed by atoms with E-state index in [-0.39, 0.29) is 41.9 Å². The highest BCUT2D eigenvalue weighted by atomic mass is 32.2. The van der Waals surface area contributed by atoms with Gasteiger partial charge in [0, 0.05) is 12.0 Å². The molecule has 7 heteroatoms. The van der Waals surface area contributed by atoms with Crippen molar-refractivity contribution in [1.29, 1.82) is 0 Å². The Morgan fingerprint density at radius 3 is 2.16 bits per heavy atom. The predicted octanol–water partition coefficient (Wildman–Crippen LogP) is 1.44. The Labute approximate surface area is 149 Å². The molecular weight excluding hydrogens is 342 g/mol. The van der Waals surface area contributed by atoms with Gasteiger partial charge in [-0.3, -0.25) is 9.59 Å². The maximum atomic E-state index is 12.3. The summed E-state index contributed by atoms with van der Waals surface area (Å²) in [4.78, 5) is 24.2. The summed E-state index contributed by atoms with van der Waals surface area (Å²) in [6, 6.07) is 0. The number of hydrogen-bond donors (Lipinski definition) is 1. The molecule has 1 amide bonds. The van der Waals surface area contributed by atoms with Crippen molar-refractivity contribution in [2.75, 3.05) is 18.1 Å². The number of hydrogen-bond acceptors (Lipinski definition) is 5. The number of rotatable bonds is 5. The van der Waals surface area contributed by atoms with E-state index in [0.29, 0.717) is 6.42 Å². The van der Waals surface area contributed by atoms with Gasteiger partial charge in [-0.1, -0.05) is 0 Å². The monoisotopic (exact) mass is 369 g/mol. The standard InChI is InChI=1S/C18H27NO5S/c20-16(10-24-17(21)6-12-1-2-25(22,23)11-12)19-18-7-13-3-14(8-18)5-15(4-13)9-18/h12-15H,1-11H2,(H,19,20)/t12-,13?,14?,15?,18?/m0/s1. The van der Waals surface area contributed by atoms with Crippen LogP contribution in [-0.2, 0) is 24.2 Å². The summed E-state index contributed by atoms with van der Waals surface area (Å²) in [6.07, 6.45) is 7.74. The van der Waals surface area contributed by atoms with E-state index in [1.54, 1.807) is 0 Å². The van der Waals surface area contributed by atoms with E-state index in [0.717, 1.165) is 37.0 Å². The second-order valence-electron chi connectivity index (χ2n) is 8.88. The van der Waals surface area contributed by atoms with Crippen LogP contribution in [0.2, 0.25) is 0 Å². The summed E-state index contributed by atoms with van der Waals surface area (Å²) in [5.41, 5.74) is -0.0717. The zero-order valence-electron chi connectivity index (χ0n) is 14.5. The highest BCUT2D eigenvalue weighted by Crippen LogP contribution is 2.55. The molecule has 6 nitrogen and oxygen atoms in total. The first kappa shape index (κ1) is 17.3. The van der Waals surface area contributed by atoms with E-state index in [2.05, 4.69) is 5.32 Å². The van der Waals surface area contributed by atoms with Crippen molar-refractivity contribution in [2.24, 2.45) is 23.7 Å². The van der Waals surface area contributed by atoms with Crippen molar-refractivity contribution in [3.05, 3.63) is 0 Å². The number of ether oxygens (including phenoxy) is 1. The largest absolute Gasteiger partial charge is 0.456 e. The van der Waals surface area contributed by atoms with Crippen molar-refractivity contribution in [3.8, 4) is 0 Å². The molecule has 5 aliphatic rings. The van der Waals surface area contributed by atoms with E-state index in [1.165, 1.54) is 19.3 Å². The van der Waals surface area contributed by atoms with Gasteiger partial charge in [0.05, 0.1) is 11.5 Å². The van der Waals surface area contributed by atoms with E-state index >= 15 is 0 Å². The van der Waals surface area contributed by atoms with Crippen LogP contribution in [0.3, 0.4) is 0 Å². The number of nitrogens with one attached hydrogen (secondary N) is 1. The van der Waals surface area contributed by atoms with Crippen LogP contribution >= 0.6 is 0 Å². The summed E-state index contributed by atoms with van der Waals surface area (Å²) in [6.45, 7) is -0.250. The number of sulfone groups is 1. The third kappa shape index (κ3) is 3.86. The van der Waals surface area contributed by atoms with E-state index in [4.69, 9.17) is 4.74 Å². The molecule has 1 atom stereocenters. The molecule has 0 unspecified atom stereocenters. The normalized spacial score (nSPS) is 40.8. The van der Waals surface area contributed by atoms with E-state index in [1.807, 2.05) is 0 Å². The second-order valence-corrected chi connectivity index (χ2v) is 11.1. The molecule has 0 aromatic carbocycles. The number of esters is 1. The molecule has 4 saturated carbocycles. The second kappa shape index (κ2) is 6.25. The zero-order chi connectivity index (χ0) is 17.7. The van der Waals surface area contributed by atoms with Crippen molar-refractivity contribution >= 4 is 21.7 Å². The molecule has 1 aliphatic heterocycles. The molecule has 0 aromatic rings. The van der Waals surface area contributed by atoms with Gasteiger partial charge < -0.3 is 10.1 Å². The molecule has 5 rings (SSSR count). The minimum atomic E-state index is -2.99. The van der Waals surface area contributed by atoms with Crippen LogP contribution in [0.25, 0.3) is 0 Å². The Balaban J connectivity index is 1.24. The summed E-state index contributed by atoms with van der Waals surface area (Å²) in [5.74, 6) is 1.61. The summed E-state index contributed by atoms with van der Waals surface area (Å²) < 4.78 is 28.0. The van der Waals surface area contributed by atoms with Gasteiger partial charge in [-0.25, -0.2) is 8.42 Å². The average Bonchev–Trinajstić information content (AvgIpc) is 2.82. The van der Waals surface area contributed by atoms with Crippen LogP contribution in [0.1, 0.15) is 51.4 Å². The number of carbonyl (C=O) groups excluding carboxylic acids is 2. The predicted molar refractivity (Wildman–Crippen MR) is 91.4 cm³/mol. The van der Waals surface area contributed by atoms with Crippen molar-refractivity contribution in [3.63, 3.8) is 0 Å².